The smallest absolute Gasteiger partial charge is 0.337 e. The summed E-state index contributed by atoms with van der Waals surface area (Å²) in [5, 5.41) is 12.2. The average molecular weight is 311 g/mol. The molecular formula is C15H19ClN2O3. The van der Waals surface area contributed by atoms with Gasteiger partial charge in [-0.15, -0.1) is 0 Å². The quantitative estimate of drug-likeness (QED) is 0.871. The first-order valence-electron chi connectivity index (χ1n) is 7.10. The van der Waals surface area contributed by atoms with Crippen molar-refractivity contribution >= 4 is 29.3 Å². The molecule has 1 aliphatic rings. The van der Waals surface area contributed by atoms with Crippen molar-refractivity contribution in [2.75, 3.05) is 18.4 Å². The molecule has 0 unspecified atom stereocenters. The van der Waals surface area contributed by atoms with Crippen LogP contribution in [0.4, 0.5) is 10.5 Å². The van der Waals surface area contributed by atoms with Gasteiger partial charge in [0.15, 0.2) is 0 Å². The van der Waals surface area contributed by atoms with Gasteiger partial charge in [0.25, 0.3) is 0 Å². The molecule has 1 aliphatic carbocycles. The number of carboxylic acids is 1. The van der Waals surface area contributed by atoms with Crippen molar-refractivity contribution in [2.24, 2.45) is 5.92 Å². The highest BCUT2D eigenvalue weighted by atomic mass is 35.5. The molecule has 0 aliphatic heterocycles. The highest BCUT2D eigenvalue weighted by Crippen LogP contribution is 2.27. The number of nitrogens with one attached hydrogen (secondary N) is 1. The summed E-state index contributed by atoms with van der Waals surface area (Å²) in [6.45, 7) is 3.21. The van der Waals surface area contributed by atoms with Gasteiger partial charge in [0, 0.05) is 18.1 Å². The maximum atomic E-state index is 12.3. The van der Waals surface area contributed by atoms with E-state index >= 15 is 0 Å². The normalized spacial score (nSPS) is 14.4. The van der Waals surface area contributed by atoms with Crippen LogP contribution in [0.2, 0.25) is 5.02 Å². The SMILES string of the molecule is CCN(CC1CCC1)C(=O)Nc1cc(Cl)ccc1C(=O)O. The summed E-state index contributed by atoms with van der Waals surface area (Å²) in [4.78, 5) is 25.2. The number of carboxylic acid groups (broad SMARTS) is 1. The van der Waals surface area contributed by atoms with E-state index in [1.165, 1.54) is 24.6 Å². The van der Waals surface area contributed by atoms with Crippen LogP contribution < -0.4 is 5.32 Å². The molecule has 2 rings (SSSR count). The molecule has 0 saturated heterocycles. The number of anilines is 1. The standard InChI is InChI=1S/C15H19ClN2O3/c1-2-18(9-10-4-3-5-10)15(21)17-13-8-11(16)6-7-12(13)14(19)20/h6-8,10H,2-5,9H2,1H3,(H,17,21)(H,19,20). The van der Waals surface area contributed by atoms with Gasteiger partial charge in [-0.3, -0.25) is 0 Å². The average Bonchev–Trinajstić information content (AvgIpc) is 2.37. The van der Waals surface area contributed by atoms with Gasteiger partial charge < -0.3 is 15.3 Å². The fourth-order valence-electron chi connectivity index (χ4n) is 2.34. The Bertz CT molecular complexity index is 544. The number of amides is 2. The monoisotopic (exact) mass is 310 g/mol. The van der Waals surface area contributed by atoms with Gasteiger partial charge in [0.05, 0.1) is 11.3 Å². The Kier molecular flexibility index (Phi) is 5.07. The highest BCUT2D eigenvalue weighted by Gasteiger charge is 2.23. The fraction of sp³-hybridized carbons (Fsp3) is 0.467. The largest absolute Gasteiger partial charge is 0.478 e. The molecule has 2 amide bonds. The van der Waals surface area contributed by atoms with Crippen LogP contribution in [0.5, 0.6) is 0 Å². The molecule has 1 aromatic rings. The van der Waals surface area contributed by atoms with Crippen LogP contribution in [-0.2, 0) is 0 Å². The number of hydrogen-bond acceptors (Lipinski definition) is 2. The van der Waals surface area contributed by atoms with Gasteiger partial charge in [-0.05, 0) is 43.9 Å². The lowest BCUT2D eigenvalue weighted by molar-refractivity contribution is 0.0698. The zero-order valence-electron chi connectivity index (χ0n) is 11.9. The summed E-state index contributed by atoms with van der Waals surface area (Å²) < 4.78 is 0. The first kappa shape index (κ1) is 15.6. The number of carbonyl (C=O) groups is 2. The second kappa shape index (κ2) is 6.80. The number of halogens is 1. The second-order valence-corrected chi connectivity index (χ2v) is 5.70. The van der Waals surface area contributed by atoms with E-state index in [0.29, 0.717) is 24.0 Å². The third kappa shape index (κ3) is 3.88. The third-order valence-corrected chi connectivity index (χ3v) is 4.06. The topological polar surface area (TPSA) is 69.6 Å². The van der Waals surface area contributed by atoms with Gasteiger partial charge in [-0.25, -0.2) is 9.59 Å². The molecule has 5 nitrogen and oxygen atoms in total. The first-order valence-corrected chi connectivity index (χ1v) is 7.47. The first-order chi connectivity index (χ1) is 10.0. The van der Waals surface area contributed by atoms with E-state index in [1.54, 1.807) is 4.90 Å². The Morgan fingerprint density at radius 1 is 1.43 bits per heavy atom. The molecule has 21 heavy (non-hydrogen) atoms. The maximum Gasteiger partial charge on any atom is 0.337 e. The van der Waals surface area contributed by atoms with E-state index in [0.717, 1.165) is 12.8 Å². The van der Waals surface area contributed by atoms with Gasteiger partial charge in [-0.2, -0.15) is 0 Å². The molecule has 1 fully saturated rings. The molecule has 0 radical (unpaired) electrons. The van der Waals surface area contributed by atoms with Crippen molar-refractivity contribution in [2.45, 2.75) is 26.2 Å². The Hall–Kier alpha value is -1.75. The van der Waals surface area contributed by atoms with Crippen molar-refractivity contribution in [1.29, 1.82) is 0 Å². The molecule has 6 heteroatoms. The number of carbonyl (C=O) groups excluding carboxylic acids is 1. The van der Waals surface area contributed by atoms with E-state index < -0.39 is 5.97 Å². The van der Waals surface area contributed by atoms with Gasteiger partial charge >= 0.3 is 12.0 Å². The number of benzene rings is 1. The molecular weight excluding hydrogens is 292 g/mol. The van der Waals surface area contributed by atoms with Crippen molar-refractivity contribution in [3.8, 4) is 0 Å². The molecule has 1 aromatic carbocycles. The van der Waals surface area contributed by atoms with Crippen molar-refractivity contribution in [3.05, 3.63) is 28.8 Å². The Morgan fingerprint density at radius 2 is 2.14 bits per heavy atom. The number of rotatable bonds is 5. The minimum absolute atomic E-state index is 0.0347. The third-order valence-electron chi connectivity index (χ3n) is 3.83. The Morgan fingerprint density at radius 3 is 2.67 bits per heavy atom. The molecule has 0 aromatic heterocycles. The van der Waals surface area contributed by atoms with E-state index in [9.17, 15) is 9.59 Å². The summed E-state index contributed by atoms with van der Waals surface area (Å²) in [6.07, 6.45) is 3.53. The second-order valence-electron chi connectivity index (χ2n) is 5.26. The predicted octanol–water partition coefficient (Wildman–Crippen LogP) is 3.69. The molecule has 114 valence electrons. The van der Waals surface area contributed by atoms with Crippen LogP contribution in [0, 0.1) is 5.92 Å². The van der Waals surface area contributed by atoms with E-state index in [-0.39, 0.29) is 17.3 Å². The molecule has 0 spiro atoms. The Balaban J connectivity index is 2.09. The van der Waals surface area contributed by atoms with Crippen LogP contribution in [0.25, 0.3) is 0 Å². The summed E-state index contributed by atoms with van der Waals surface area (Å²) >= 11 is 5.88. The van der Waals surface area contributed by atoms with Gasteiger partial charge in [0.1, 0.15) is 0 Å². The van der Waals surface area contributed by atoms with Crippen LogP contribution in [0.15, 0.2) is 18.2 Å². The molecule has 0 heterocycles. The predicted molar refractivity (Wildman–Crippen MR) is 82.0 cm³/mol. The summed E-state index contributed by atoms with van der Waals surface area (Å²) in [6, 6.07) is 4.06. The number of aromatic carboxylic acids is 1. The number of hydrogen-bond donors (Lipinski definition) is 2. The minimum atomic E-state index is -1.09. The lowest BCUT2D eigenvalue weighted by atomic mass is 9.85. The zero-order chi connectivity index (χ0) is 15.4. The van der Waals surface area contributed by atoms with Crippen LogP contribution >= 0.6 is 11.6 Å². The van der Waals surface area contributed by atoms with Crippen LogP contribution in [0.3, 0.4) is 0 Å². The minimum Gasteiger partial charge on any atom is -0.478 e. The van der Waals surface area contributed by atoms with Crippen molar-refractivity contribution < 1.29 is 14.7 Å². The summed E-state index contributed by atoms with van der Waals surface area (Å²) in [5.74, 6) is -0.530. The van der Waals surface area contributed by atoms with Crippen molar-refractivity contribution in [1.82, 2.24) is 4.90 Å². The summed E-state index contributed by atoms with van der Waals surface area (Å²) in [7, 11) is 0. The Labute approximate surface area is 128 Å². The molecule has 0 bridgehead atoms. The lowest BCUT2D eigenvalue weighted by Gasteiger charge is -2.31. The molecule has 0 atom stereocenters. The molecule has 1 saturated carbocycles. The fourth-order valence-corrected chi connectivity index (χ4v) is 2.52. The molecule has 2 N–H and O–H groups in total. The van der Waals surface area contributed by atoms with Crippen LogP contribution in [-0.4, -0.2) is 35.1 Å². The van der Waals surface area contributed by atoms with E-state index in [2.05, 4.69) is 5.32 Å². The van der Waals surface area contributed by atoms with Gasteiger partial charge in [-0.1, -0.05) is 18.0 Å². The number of urea groups is 1. The number of nitrogens with zero attached hydrogens (tertiary/aromatic N) is 1. The lowest BCUT2D eigenvalue weighted by Crippen LogP contribution is -2.40. The highest BCUT2D eigenvalue weighted by molar-refractivity contribution is 6.31. The summed E-state index contributed by atoms with van der Waals surface area (Å²) in [5.41, 5.74) is 0.263. The van der Waals surface area contributed by atoms with E-state index in [1.807, 2.05) is 6.92 Å². The van der Waals surface area contributed by atoms with Crippen LogP contribution in [0.1, 0.15) is 36.5 Å². The van der Waals surface area contributed by atoms with Gasteiger partial charge in [0.2, 0.25) is 0 Å². The van der Waals surface area contributed by atoms with E-state index in [4.69, 9.17) is 16.7 Å². The zero-order valence-corrected chi connectivity index (χ0v) is 12.7. The maximum absolute atomic E-state index is 12.3. The van der Waals surface area contributed by atoms with Crippen molar-refractivity contribution in [3.63, 3.8) is 0 Å².